The fourth-order valence-electron chi connectivity index (χ4n) is 2.04. The van der Waals surface area contributed by atoms with Crippen LogP contribution in [-0.4, -0.2) is 6.54 Å². The van der Waals surface area contributed by atoms with Crippen LogP contribution in [0.2, 0.25) is 0 Å². The second kappa shape index (κ2) is 7.74. The Morgan fingerprint density at radius 3 is 2.67 bits per heavy atom. The molecule has 0 fully saturated rings. The molecular formula is C17H19F2NO. The first-order valence-corrected chi connectivity index (χ1v) is 7.06. The molecule has 0 bridgehead atoms. The number of ether oxygens (including phenoxy) is 1. The van der Waals surface area contributed by atoms with Crippen molar-refractivity contribution in [2.75, 3.05) is 6.54 Å². The number of rotatable bonds is 7. The van der Waals surface area contributed by atoms with E-state index in [0.29, 0.717) is 12.1 Å². The van der Waals surface area contributed by atoms with E-state index >= 15 is 0 Å². The van der Waals surface area contributed by atoms with Crippen LogP contribution in [0.4, 0.5) is 8.78 Å². The van der Waals surface area contributed by atoms with Gasteiger partial charge in [-0.15, -0.1) is 0 Å². The molecule has 0 aliphatic rings. The van der Waals surface area contributed by atoms with E-state index < -0.39 is 5.82 Å². The summed E-state index contributed by atoms with van der Waals surface area (Å²) in [6.07, 6.45) is 1.01. The van der Waals surface area contributed by atoms with Gasteiger partial charge in [0.05, 0.1) is 0 Å². The molecule has 0 spiro atoms. The molecule has 2 aromatic carbocycles. The molecule has 2 rings (SSSR count). The van der Waals surface area contributed by atoms with Gasteiger partial charge in [0.1, 0.15) is 12.4 Å². The minimum Gasteiger partial charge on any atom is -0.485 e. The van der Waals surface area contributed by atoms with Crippen LogP contribution in [0.5, 0.6) is 5.75 Å². The van der Waals surface area contributed by atoms with Crippen LogP contribution in [0.15, 0.2) is 42.5 Å². The number of hydrogen-bond acceptors (Lipinski definition) is 2. The summed E-state index contributed by atoms with van der Waals surface area (Å²) in [6, 6.07) is 11.0. The highest BCUT2D eigenvalue weighted by atomic mass is 19.1. The summed E-state index contributed by atoms with van der Waals surface area (Å²) in [4.78, 5) is 0. The number of para-hydroxylation sites is 1. The minimum atomic E-state index is -0.401. The van der Waals surface area contributed by atoms with E-state index in [1.807, 2.05) is 6.07 Å². The average molecular weight is 291 g/mol. The van der Waals surface area contributed by atoms with Gasteiger partial charge in [0.15, 0.2) is 11.6 Å². The van der Waals surface area contributed by atoms with Gasteiger partial charge in [-0.2, -0.15) is 0 Å². The Hall–Kier alpha value is -1.94. The lowest BCUT2D eigenvalue weighted by atomic mass is 10.2. The van der Waals surface area contributed by atoms with Crippen molar-refractivity contribution in [3.63, 3.8) is 0 Å². The Morgan fingerprint density at radius 1 is 1.10 bits per heavy atom. The fraction of sp³-hybridized carbons (Fsp3) is 0.294. The van der Waals surface area contributed by atoms with Gasteiger partial charge in [-0.25, -0.2) is 8.78 Å². The molecule has 0 atom stereocenters. The van der Waals surface area contributed by atoms with Crippen LogP contribution in [-0.2, 0) is 13.2 Å². The Labute approximate surface area is 123 Å². The molecule has 0 aromatic heterocycles. The van der Waals surface area contributed by atoms with Crippen LogP contribution in [0.1, 0.15) is 24.5 Å². The van der Waals surface area contributed by atoms with E-state index in [2.05, 4.69) is 12.2 Å². The quantitative estimate of drug-likeness (QED) is 0.777. The molecule has 21 heavy (non-hydrogen) atoms. The molecule has 0 heterocycles. The van der Waals surface area contributed by atoms with Gasteiger partial charge < -0.3 is 10.1 Å². The standard InChI is InChI=1S/C17H19F2NO/c1-2-9-20-11-14-6-4-8-16(19)17(14)21-12-13-5-3-7-15(18)10-13/h3-8,10,20H,2,9,11-12H2,1H3. The van der Waals surface area contributed by atoms with Crippen molar-refractivity contribution >= 4 is 0 Å². The molecule has 0 aliphatic heterocycles. The van der Waals surface area contributed by atoms with Crippen LogP contribution in [0, 0.1) is 11.6 Å². The predicted octanol–water partition coefficient (Wildman–Crippen LogP) is 4.04. The van der Waals surface area contributed by atoms with E-state index in [0.717, 1.165) is 18.5 Å². The molecule has 2 aromatic rings. The number of hydrogen-bond donors (Lipinski definition) is 1. The number of nitrogens with one attached hydrogen (secondary N) is 1. The summed E-state index contributed by atoms with van der Waals surface area (Å²) in [5, 5.41) is 3.22. The Balaban J connectivity index is 2.07. The van der Waals surface area contributed by atoms with Gasteiger partial charge in [0.2, 0.25) is 0 Å². The lowest BCUT2D eigenvalue weighted by Crippen LogP contribution is -2.15. The van der Waals surface area contributed by atoms with Crippen molar-refractivity contribution in [1.29, 1.82) is 0 Å². The number of benzene rings is 2. The van der Waals surface area contributed by atoms with Gasteiger partial charge in [-0.1, -0.05) is 31.2 Å². The summed E-state index contributed by atoms with van der Waals surface area (Å²) in [5.74, 6) is -0.498. The van der Waals surface area contributed by atoms with Crippen LogP contribution >= 0.6 is 0 Å². The summed E-state index contributed by atoms with van der Waals surface area (Å²) in [5.41, 5.74) is 1.44. The first kappa shape index (κ1) is 15.4. The van der Waals surface area contributed by atoms with Gasteiger partial charge in [-0.05, 0) is 36.7 Å². The number of halogens is 2. The molecule has 0 radical (unpaired) electrons. The molecule has 0 unspecified atom stereocenters. The first-order valence-electron chi connectivity index (χ1n) is 7.06. The topological polar surface area (TPSA) is 21.3 Å². The van der Waals surface area contributed by atoms with E-state index in [1.54, 1.807) is 18.2 Å². The van der Waals surface area contributed by atoms with Gasteiger partial charge >= 0.3 is 0 Å². The Morgan fingerprint density at radius 2 is 1.90 bits per heavy atom. The predicted molar refractivity (Wildman–Crippen MR) is 79.1 cm³/mol. The third-order valence-electron chi connectivity index (χ3n) is 3.06. The highest BCUT2D eigenvalue weighted by Gasteiger charge is 2.10. The fourth-order valence-corrected chi connectivity index (χ4v) is 2.04. The van der Waals surface area contributed by atoms with Crippen LogP contribution < -0.4 is 10.1 Å². The zero-order chi connectivity index (χ0) is 15.1. The molecular weight excluding hydrogens is 272 g/mol. The minimum absolute atomic E-state index is 0.138. The molecule has 0 saturated carbocycles. The molecule has 1 N–H and O–H groups in total. The smallest absolute Gasteiger partial charge is 0.165 e. The summed E-state index contributed by atoms with van der Waals surface area (Å²) in [6.45, 7) is 3.61. The van der Waals surface area contributed by atoms with E-state index in [9.17, 15) is 8.78 Å². The van der Waals surface area contributed by atoms with E-state index in [-0.39, 0.29) is 18.2 Å². The Kier molecular flexibility index (Phi) is 5.69. The van der Waals surface area contributed by atoms with E-state index in [4.69, 9.17) is 4.74 Å². The maximum Gasteiger partial charge on any atom is 0.165 e. The molecule has 4 heteroatoms. The highest BCUT2D eigenvalue weighted by molar-refractivity contribution is 5.35. The van der Waals surface area contributed by atoms with Crippen molar-refractivity contribution < 1.29 is 13.5 Å². The highest BCUT2D eigenvalue weighted by Crippen LogP contribution is 2.24. The van der Waals surface area contributed by atoms with Crippen molar-refractivity contribution in [2.24, 2.45) is 0 Å². The molecule has 0 amide bonds. The SMILES string of the molecule is CCCNCc1cccc(F)c1OCc1cccc(F)c1. The van der Waals surface area contributed by atoms with Crippen molar-refractivity contribution in [2.45, 2.75) is 26.5 Å². The van der Waals surface area contributed by atoms with Gasteiger partial charge in [0, 0.05) is 12.1 Å². The molecule has 0 aliphatic carbocycles. The lowest BCUT2D eigenvalue weighted by molar-refractivity contribution is 0.285. The van der Waals surface area contributed by atoms with Crippen molar-refractivity contribution in [3.8, 4) is 5.75 Å². The molecule has 0 saturated heterocycles. The maximum atomic E-state index is 13.9. The maximum absolute atomic E-state index is 13.9. The largest absolute Gasteiger partial charge is 0.485 e. The van der Waals surface area contributed by atoms with Crippen molar-refractivity contribution in [1.82, 2.24) is 5.32 Å². The Bertz CT molecular complexity index is 587. The van der Waals surface area contributed by atoms with Gasteiger partial charge in [0.25, 0.3) is 0 Å². The third-order valence-corrected chi connectivity index (χ3v) is 3.06. The average Bonchev–Trinajstić information content (AvgIpc) is 2.47. The second-order valence-corrected chi connectivity index (χ2v) is 4.82. The second-order valence-electron chi connectivity index (χ2n) is 4.82. The van der Waals surface area contributed by atoms with Crippen LogP contribution in [0.25, 0.3) is 0 Å². The summed E-state index contributed by atoms with van der Waals surface area (Å²) in [7, 11) is 0. The van der Waals surface area contributed by atoms with Crippen LogP contribution in [0.3, 0.4) is 0 Å². The summed E-state index contributed by atoms with van der Waals surface area (Å²) >= 11 is 0. The first-order chi connectivity index (χ1) is 10.2. The monoisotopic (exact) mass is 291 g/mol. The third kappa shape index (κ3) is 4.53. The normalized spacial score (nSPS) is 10.6. The summed E-state index contributed by atoms with van der Waals surface area (Å²) < 4.78 is 32.6. The zero-order valence-electron chi connectivity index (χ0n) is 12.0. The van der Waals surface area contributed by atoms with Gasteiger partial charge in [-0.3, -0.25) is 0 Å². The van der Waals surface area contributed by atoms with Crippen molar-refractivity contribution in [3.05, 3.63) is 65.2 Å². The molecule has 2 nitrogen and oxygen atoms in total. The zero-order valence-corrected chi connectivity index (χ0v) is 12.0. The lowest BCUT2D eigenvalue weighted by Gasteiger charge is -2.13. The molecule has 112 valence electrons. The van der Waals surface area contributed by atoms with E-state index in [1.165, 1.54) is 18.2 Å².